The van der Waals surface area contributed by atoms with Crippen molar-refractivity contribution in [2.75, 3.05) is 52.4 Å². The van der Waals surface area contributed by atoms with Crippen molar-refractivity contribution in [3.8, 4) is 11.5 Å². The SMILES string of the molecule is CCCCC(CCCC)c1cc(C)c(O)c(C=NC2CCCCC2N=Cc2cc(C(CCC[N+](CCCC)(CCCC)CCCC)CCC[N+](CCCC)(CCCC)CCCC)cc(C)c2O)c1. The van der Waals surface area contributed by atoms with Gasteiger partial charge >= 0.3 is 0 Å². The van der Waals surface area contributed by atoms with E-state index in [9.17, 15) is 10.2 Å². The summed E-state index contributed by atoms with van der Waals surface area (Å²) in [6, 6.07) is 9.17. The molecule has 6 nitrogen and oxygen atoms in total. The summed E-state index contributed by atoms with van der Waals surface area (Å²) in [5, 5.41) is 23.0. The Morgan fingerprint density at radius 3 is 1.01 bits per heavy atom. The quantitative estimate of drug-likeness (QED) is 0.0520. The molecular formula is C62H110N4O2+2. The van der Waals surface area contributed by atoms with Gasteiger partial charge in [-0.25, -0.2) is 0 Å². The fourth-order valence-electron chi connectivity index (χ4n) is 11.6. The zero-order valence-corrected chi connectivity index (χ0v) is 46.5. The Morgan fingerprint density at radius 2 is 0.721 bits per heavy atom. The molecule has 1 fully saturated rings. The first kappa shape index (κ1) is 59.6. The van der Waals surface area contributed by atoms with Crippen LogP contribution in [0.1, 0.15) is 268 Å². The van der Waals surface area contributed by atoms with Gasteiger partial charge in [0.1, 0.15) is 11.5 Å². The third-order valence-corrected chi connectivity index (χ3v) is 16.2. The molecule has 0 heterocycles. The molecule has 2 aromatic carbocycles. The lowest BCUT2D eigenvalue weighted by Crippen LogP contribution is -2.51. The maximum atomic E-state index is 11.7. The van der Waals surface area contributed by atoms with Gasteiger partial charge in [0.15, 0.2) is 0 Å². The molecule has 0 radical (unpaired) electrons. The molecule has 1 aliphatic rings. The summed E-state index contributed by atoms with van der Waals surface area (Å²) in [4.78, 5) is 10.5. The van der Waals surface area contributed by atoms with E-state index in [2.05, 4.69) is 86.6 Å². The van der Waals surface area contributed by atoms with E-state index >= 15 is 0 Å². The molecule has 2 N–H and O–H groups in total. The van der Waals surface area contributed by atoms with Crippen LogP contribution in [0.5, 0.6) is 11.5 Å². The van der Waals surface area contributed by atoms with Crippen LogP contribution in [-0.4, -0.2) is 96.1 Å². The number of phenolic OH excluding ortho intramolecular Hbond substituents is 2. The molecule has 0 amide bonds. The molecule has 2 aromatic rings. The average Bonchev–Trinajstić information content (AvgIpc) is 3.35. The molecule has 1 aliphatic carbocycles. The minimum absolute atomic E-state index is 0.0490. The second-order valence-electron chi connectivity index (χ2n) is 22.1. The van der Waals surface area contributed by atoms with Crippen LogP contribution >= 0.6 is 0 Å². The molecule has 6 heteroatoms. The second kappa shape index (κ2) is 33.8. The monoisotopic (exact) mass is 943 g/mol. The highest BCUT2D eigenvalue weighted by Crippen LogP contribution is 2.36. The van der Waals surface area contributed by atoms with Crippen LogP contribution in [0.3, 0.4) is 0 Å². The number of hydrogen-bond donors (Lipinski definition) is 2. The highest BCUT2D eigenvalue weighted by Gasteiger charge is 2.29. The summed E-state index contributed by atoms with van der Waals surface area (Å²) in [6.07, 6.45) is 36.0. The van der Waals surface area contributed by atoms with Crippen molar-refractivity contribution in [1.29, 1.82) is 0 Å². The minimum Gasteiger partial charge on any atom is -0.507 e. The molecule has 2 unspecified atom stereocenters. The lowest BCUT2D eigenvalue weighted by Gasteiger charge is -2.40. The molecule has 0 spiro atoms. The predicted octanol–water partition coefficient (Wildman–Crippen LogP) is 17.1. The van der Waals surface area contributed by atoms with Crippen molar-refractivity contribution in [3.05, 3.63) is 57.6 Å². The van der Waals surface area contributed by atoms with Crippen molar-refractivity contribution in [2.45, 2.75) is 260 Å². The van der Waals surface area contributed by atoms with Crippen LogP contribution in [0.15, 0.2) is 34.3 Å². The first-order valence-electron chi connectivity index (χ1n) is 29.4. The summed E-state index contributed by atoms with van der Waals surface area (Å²) in [6.45, 7) is 33.4. The number of quaternary nitrogens is 2. The number of unbranched alkanes of at least 4 members (excludes halogenated alkanes) is 8. The Labute approximate surface area is 421 Å². The van der Waals surface area contributed by atoms with Crippen LogP contribution in [0.4, 0.5) is 0 Å². The number of phenols is 2. The van der Waals surface area contributed by atoms with E-state index in [4.69, 9.17) is 9.98 Å². The molecule has 388 valence electrons. The van der Waals surface area contributed by atoms with E-state index < -0.39 is 0 Å². The second-order valence-corrected chi connectivity index (χ2v) is 22.1. The van der Waals surface area contributed by atoms with Gasteiger partial charge in [-0.15, -0.1) is 0 Å². The summed E-state index contributed by atoms with van der Waals surface area (Å²) in [5.41, 5.74) is 6.35. The topological polar surface area (TPSA) is 65.2 Å². The average molecular weight is 944 g/mol. The van der Waals surface area contributed by atoms with Gasteiger partial charge in [0.25, 0.3) is 0 Å². The van der Waals surface area contributed by atoms with E-state index in [1.807, 2.05) is 19.4 Å². The van der Waals surface area contributed by atoms with Crippen molar-refractivity contribution in [1.82, 2.24) is 0 Å². The fraction of sp³-hybridized carbons (Fsp3) is 0.774. The van der Waals surface area contributed by atoms with E-state index in [0.29, 0.717) is 23.3 Å². The maximum absolute atomic E-state index is 11.7. The van der Waals surface area contributed by atoms with Gasteiger partial charge in [0.05, 0.1) is 64.4 Å². The third kappa shape index (κ3) is 20.2. The smallest absolute Gasteiger partial charge is 0.127 e. The van der Waals surface area contributed by atoms with Gasteiger partial charge in [-0.3, -0.25) is 9.98 Å². The first-order valence-corrected chi connectivity index (χ1v) is 29.4. The highest BCUT2D eigenvalue weighted by atomic mass is 16.3. The first-order chi connectivity index (χ1) is 33.0. The zero-order valence-electron chi connectivity index (χ0n) is 46.5. The molecule has 0 aromatic heterocycles. The van der Waals surface area contributed by atoms with Crippen LogP contribution in [0, 0.1) is 13.8 Å². The van der Waals surface area contributed by atoms with E-state index in [-0.39, 0.29) is 12.1 Å². The van der Waals surface area contributed by atoms with Gasteiger partial charge in [-0.1, -0.05) is 145 Å². The van der Waals surface area contributed by atoms with Gasteiger partial charge in [0.2, 0.25) is 0 Å². The molecule has 1 saturated carbocycles. The van der Waals surface area contributed by atoms with Crippen molar-refractivity contribution >= 4 is 12.4 Å². The Balaban J connectivity index is 1.99. The van der Waals surface area contributed by atoms with Gasteiger partial charge < -0.3 is 19.2 Å². The number of benzene rings is 2. The van der Waals surface area contributed by atoms with Gasteiger partial charge in [0, 0.05) is 23.6 Å². The molecule has 3 rings (SSSR count). The molecule has 2 atom stereocenters. The van der Waals surface area contributed by atoms with Gasteiger partial charge in [-0.2, -0.15) is 0 Å². The van der Waals surface area contributed by atoms with Crippen molar-refractivity contribution < 1.29 is 19.2 Å². The number of aromatic hydroxyl groups is 2. The maximum Gasteiger partial charge on any atom is 0.127 e. The van der Waals surface area contributed by atoms with Crippen LogP contribution in [0.2, 0.25) is 0 Å². The molecule has 68 heavy (non-hydrogen) atoms. The highest BCUT2D eigenvalue weighted by molar-refractivity contribution is 5.86. The summed E-state index contributed by atoms with van der Waals surface area (Å²) in [7, 11) is 0. The summed E-state index contributed by atoms with van der Waals surface area (Å²) in [5.74, 6) is 1.70. The number of nitrogens with zero attached hydrogens (tertiary/aromatic N) is 4. The van der Waals surface area contributed by atoms with Crippen LogP contribution < -0.4 is 0 Å². The van der Waals surface area contributed by atoms with Crippen molar-refractivity contribution in [3.63, 3.8) is 0 Å². The summed E-state index contributed by atoms with van der Waals surface area (Å²) >= 11 is 0. The fourth-order valence-corrected chi connectivity index (χ4v) is 11.6. The summed E-state index contributed by atoms with van der Waals surface area (Å²) < 4.78 is 2.60. The van der Waals surface area contributed by atoms with E-state index in [1.54, 1.807) is 0 Å². The third-order valence-electron chi connectivity index (χ3n) is 16.2. The molecule has 0 aliphatic heterocycles. The van der Waals surface area contributed by atoms with Crippen LogP contribution in [-0.2, 0) is 0 Å². The Bertz CT molecular complexity index is 1610. The largest absolute Gasteiger partial charge is 0.507 e. The Kier molecular flexibility index (Phi) is 29.6. The zero-order chi connectivity index (χ0) is 49.6. The molecule has 0 bridgehead atoms. The lowest BCUT2D eigenvalue weighted by molar-refractivity contribution is -0.929. The standard InChI is InChI=1S/C62H108N4O2/c1-11-19-31-53(32-20-12-2)55-45-51(9)61(67)57(47-55)49-63-59-35-27-28-36-60(59)64-50-58-48-56(46-52(10)62(58)68)54(33-29-43-65(37-21-13-3,38-22-14-4)39-23-15-5)34-30-44-66(40-24-16-6,41-25-17-7)42-26-18-8/h45-50,53-54,59-60H,11-44H2,1-10H3/p+2. The molecule has 0 saturated heterocycles. The van der Waals surface area contributed by atoms with E-state index in [1.165, 1.54) is 214 Å². The van der Waals surface area contributed by atoms with Crippen molar-refractivity contribution in [2.24, 2.45) is 9.98 Å². The normalized spacial score (nSPS) is 16.1. The predicted molar refractivity (Wildman–Crippen MR) is 299 cm³/mol. The van der Waals surface area contributed by atoms with Crippen LogP contribution in [0.25, 0.3) is 0 Å². The lowest BCUT2D eigenvalue weighted by atomic mass is 9.87. The minimum atomic E-state index is 0.0490. The Morgan fingerprint density at radius 1 is 0.441 bits per heavy atom. The number of hydrogen-bond acceptors (Lipinski definition) is 4. The number of rotatable bonds is 38. The van der Waals surface area contributed by atoms with Gasteiger partial charge in [-0.05, 0) is 150 Å². The number of aryl methyl sites for hydroxylation is 2. The van der Waals surface area contributed by atoms with E-state index in [0.717, 1.165) is 47.9 Å². The molecular weight excluding hydrogens is 833 g/mol. The Hall–Kier alpha value is -2.70. The number of aliphatic imine (C=N–C) groups is 2.